The molecule has 0 aliphatic heterocycles. The van der Waals surface area contributed by atoms with Gasteiger partial charge >= 0.3 is 0 Å². The predicted molar refractivity (Wildman–Crippen MR) is 70.1 cm³/mol. The van der Waals surface area contributed by atoms with E-state index in [4.69, 9.17) is 10.2 Å². The third-order valence-electron chi connectivity index (χ3n) is 2.89. The fraction of sp³-hybridized carbons (Fsp3) is 0.231. The van der Waals surface area contributed by atoms with Crippen molar-refractivity contribution in [2.75, 3.05) is 5.73 Å². The summed E-state index contributed by atoms with van der Waals surface area (Å²) in [6.45, 7) is 4.11. The lowest BCUT2D eigenvalue weighted by molar-refractivity contribution is 0.500. The Morgan fingerprint density at radius 1 is 1.33 bits per heavy atom. The fourth-order valence-corrected chi connectivity index (χ4v) is 2.03. The fourth-order valence-electron chi connectivity index (χ4n) is 2.03. The maximum absolute atomic E-state index is 5.65. The molecule has 0 radical (unpaired) electrons. The molecule has 92 valence electrons. The highest BCUT2D eigenvalue weighted by Gasteiger charge is 2.17. The minimum Gasteiger partial charge on any atom is -0.428 e. The number of hydrogen-bond donors (Lipinski definition) is 2. The summed E-state index contributed by atoms with van der Waals surface area (Å²) < 4.78 is 5.46. The molecule has 2 aromatic heterocycles. The number of nitrogens with one attached hydrogen (secondary N) is 1. The summed E-state index contributed by atoms with van der Waals surface area (Å²) in [7, 11) is 0. The topological polar surface area (TPSA) is 80.7 Å². The van der Waals surface area contributed by atoms with E-state index < -0.39 is 0 Å². The molecule has 0 amide bonds. The highest BCUT2D eigenvalue weighted by atomic mass is 16.4. The predicted octanol–water partition coefficient (Wildman–Crippen LogP) is 2.92. The van der Waals surface area contributed by atoms with Crippen LogP contribution in [0.5, 0.6) is 0 Å². The average Bonchev–Trinajstić information content (AvgIpc) is 2.93. The van der Waals surface area contributed by atoms with E-state index in [2.05, 4.69) is 28.8 Å². The first-order valence-corrected chi connectivity index (χ1v) is 5.85. The Bertz CT molecular complexity index is 696. The van der Waals surface area contributed by atoms with Gasteiger partial charge in [0.2, 0.25) is 0 Å². The lowest BCUT2D eigenvalue weighted by Gasteiger charge is -2.03. The van der Waals surface area contributed by atoms with E-state index in [1.54, 1.807) is 6.33 Å². The number of imidazole rings is 1. The summed E-state index contributed by atoms with van der Waals surface area (Å²) in [5, 5.41) is 0. The quantitative estimate of drug-likeness (QED) is 0.724. The summed E-state index contributed by atoms with van der Waals surface area (Å²) >= 11 is 0. The molecule has 0 aliphatic carbocycles. The van der Waals surface area contributed by atoms with Crippen LogP contribution in [0.4, 0.5) is 6.01 Å². The van der Waals surface area contributed by atoms with Gasteiger partial charge in [-0.25, -0.2) is 4.98 Å². The van der Waals surface area contributed by atoms with Crippen LogP contribution in [0.15, 0.2) is 28.9 Å². The second-order valence-electron chi connectivity index (χ2n) is 4.55. The van der Waals surface area contributed by atoms with Crippen molar-refractivity contribution in [1.29, 1.82) is 0 Å². The maximum Gasteiger partial charge on any atom is 0.292 e. The van der Waals surface area contributed by atoms with Crippen LogP contribution in [-0.2, 0) is 0 Å². The van der Waals surface area contributed by atoms with Crippen LogP contribution < -0.4 is 5.73 Å². The van der Waals surface area contributed by atoms with Crippen LogP contribution in [0.25, 0.3) is 22.3 Å². The molecule has 0 saturated heterocycles. The normalized spacial score (nSPS) is 11.5. The van der Waals surface area contributed by atoms with Crippen molar-refractivity contribution in [3.05, 3.63) is 30.3 Å². The molecule has 0 aliphatic rings. The summed E-state index contributed by atoms with van der Waals surface area (Å²) in [6, 6.07) is 6.15. The Morgan fingerprint density at radius 2 is 2.17 bits per heavy atom. The molecule has 3 aromatic rings. The Labute approximate surface area is 104 Å². The van der Waals surface area contributed by atoms with E-state index in [0.717, 1.165) is 28.1 Å². The van der Waals surface area contributed by atoms with Gasteiger partial charge in [0.15, 0.2) is 0 Å². The number of fused-ring (bicyclic) bond motifs is 1. The van der Waals surface area contributed by atoms with Crippen molar-refractivity contribution >= 4 is 17.0 Å². The molecule has 3 rings (SSSR count). The number of aromatic nitrogens is 3. The van der Waals surface area contributed by atoms with E-state index in [9.17, 15) is 0 Å². The summed E-state index contributed by atoms with van der Waals surface area (Å²) in [5.74, 6) is 1.05. The van der Waals surface area contributed by atoms with Crippen LogP contribution in [0.2, 0.25) is 0 Å². The van der Waals surface area contributed by atoms with Crippen LogP contribution in [0.1, 0.15) is 25.5 Å². The Balaban J connectivity index is 2.18. The van der Waals surface area contributed by atoms with E-state index >= 15 is 0 Å². The first kappa shape index (κ1) is 10.8. The van der Waals surface area contributed by atoms with Gasteiger partial charge in [-0.15, -0.1) is 0 Å². The van der Waals surface area contributed by atoms with Gasteiger partial charge in [-0.1, -0.05) is 19.9 Å². The Kier molecular flexibility index (Phi) is 2.33. The van der Waals surface area contributed by atoms with Gasteiger partial charge in [-0.05, 0) is 12.1 Å². The molecular formula is C13H14N4O. The van der Waals surface area contributed by atoms with Crippen molar-refractivity contribution in [2.45, 2.75) is 19.8 Å². The van der Waals surface area contributed by atoms with Crippen LogP contribution in [-0.4, -0.2) is 15.0 Å². The second kappa shape index (κ2) is 3.87. The Morgan fingerprint density at radius 3 is 2.94 bits per heavy atom. The first-order chi connectivity index (χ1) is 8.65. The molecule has 1 aromatic carbocycles. The Hall–Kier alpha value is -2.30. The van der Waals surface area contributed by atoms with Crippen molar-refractivity contribution < 1.29 is 4.42 Å². The summed E-state index contributed by atoms with van der Waals surface area (Å²) in [4.78, 5) is 11.5. The van der Waals surface area contributed by atoms with E-state index in [1.165, 1.54) is 0 Å². The zero-order valence-corrected chi connectivity index (χ0v) is 10.3. The highest BCUT2D eigenvalue weighted by molar-refractivity contribution is 5.81. The number of nitrogens with two attached hydrogens (primary N) is 1. The molecule has 3 N–H and O–H groups in total. The molecule has 5 nitrogen and oxygen atoms in total. The first-order valence-electron chi connectivity index (χ1n) is 5.85. The number of H-pyrrole nitrogens is 1. The zero-order chi connectivity index (χ0) is 12.7. The van der Waals surface area contributed by atoms with Crippen LogP contribution in [0.3, 0.4) is 0 Å². The lowest BCUT2D eigenvalue weighted by atomic mass is 10.0. The molecule has 0 fully saturated rings. The minimum atomic E-state index is 0.207. The maximum atomic E-state index is 5.65. The number of aromatic amines is 1. The SMILES string of the molecule is CC(C)c1oc(N)nc1-c1ccc2nc[nH]c2c1. The number of rotatable bonds is 2. The highest BCUT2D eigenvalue weighted by Crippen LogP contribution is 2.31. The minimum absolute atomic E-state index is 0.207. The van der Waals surface area contributed by atoms with Gasteiger partial charge < -0.3 is 15.1 Å². The monoisotopic (exact) mass is 242 g/mol. The van der Waals surface area contributed by atoms with Gasteiger partial charge in [0, 0.05) is 11.5 Å². The number of nitrogen functional groups attached to an aromatic ring is 1. The smallest absolute Gasteiger partial charge is 0.292 e. The zero-order valence-electron chi connectivity index (χ0n) is 10.3. The third-order valence-corrected chi connectivity index (χ3v) is 2.89. The number of anilines is 1. The van der Waals surface area contributed by atoms with E-state index in [1.807, 2.05) is 18.2 Å². The van der Waals surface area contributed by atoms with Gasteiger partial charge in [0.05, 0.1) is 17.4 Å². The van der Waals surface area contributed by atoms with Gasteiger partial charge in [-0.3, -0.25) is 0 Å². The van der Waals surface area contributed by atoms with E-state index in [0.29, 0.717) is 0 Å². The molecular weight excluding hydrogens is 228 g/mol. The van der Waals surface area contributed by atoms with Crippen molar-refractivity contribution in [3.8, 4) is 11.3 Å². The van der Waals surface area contributed by atoms with E-state index in [-0.39, 0.29) is 11.9 Å². The van der Waals surface area contributed by atoms with Gasteiger partial charge in [-0.2, -0.15) is 4.98 Å². The molecule has 0 unspecified atom stereocenters. The summed E-state index contributed by atoms with van der Waals surface area (Å²) in [6.07, 6.45) is 1.68. The second-order valence-corrected chi connectivity index (χ2v) is 4.55. The number of benzene rings is 1. The van der Waals surface area contributed by atoms with Gasteiger partial charge in [0.1, 0.15) is 11.5 Å². The molecule has 0 saturated carbocycles. The molecule has 18 heavy (non-hydrogen) atoms. The average molecular weight is 242 g/mol. The van der Waals surface area contributed by atoms with Gasteiger partial charge in [0.25, 0.3) is 6.01 Å². The molecule has 0 bridgehead atoms. The number of hydrogen-bond acceptors (Lipinski definition) is 4. The van der Waals surface area contributed by atoms with Crippen molar-refractivity contribution in [3.63, 3.8) is 0 Å². The standard InChI is InChI=1S/C13H14N4O/c1-7(2)12-11(17-13(14)18-12)8-3-4-9-10(5-8)16-6-15-9/h3-7H,1-2H3,(H2,14,17)(H,15,16). The van der Waals surface area contributed by atoms with Crippen molar-refractivity contribution in [2.24, 2.45) is 0 Å². The lowest BCUT2D eigenvalue weighted by Crippen LogP contribution is -1.89. The molecule has 0 atom stereocenters. The third kappa shape index (κ3) is 1.64. The largest absolute Gasteiger partial charge is 0.428 e. The number of oxazole rings is 1. The molecule has 2 heterocycles. The molecule has 0 spiro atoms. The van der Waals surface area contributed by atoms with Crippen LogP contribution >= 0.6 is 0 Å². The molecule has 5 heteroatoms. The number of nitrogens with zero attached hydrogens (tertiary/aromatic N) is 2. The van der Waals surface area contributed by atoms with Crippen molar-refractivity contribution in [1.82, 2.24) is 15.0 Å². The van der Waals surface area contributed by atoms with Crippen LogP contribution in [0, 0.1) is 0 Å². The summed E-state index contributed by atoms with van der Waals surface area (Å²) in [5.41, 5.74) is 9.34.